The predicted octanol–water partition coefficient (Wildman–Crippen LogP) is 3.51. The lowest BCUT2D eigenvalue weighted by Gasteiger charge is -2.07. The molecule has 0 saturated heterocycles. The first-order valence-electron chi connectivity index (χ1n) is 5.48. The Hall–Kier alpha value is -1.25. The van der Waals surface area contributed by atoms with Gasteiger partial charge in [0.1, 0.15) is 17.4 Å². The van der Waals surface area contributed by atoms with E-state index in [1.54, 1.807) is 0 Å². The molecule has 0 spiro atoms. The molecule has 3 heteroatoms. The van der Waals surface area contributed by atoms with Crippen LogP contribution in [0.1, 0.15) is 32.3 Å². The van der Waals surface area contributed by atoms with Crippen molar-refractivity contribution in [3.63, 3.8) is 0 Å². The van der Waals surface area contributed by atoms with Crippen LogP contribution in [0.5, 0.6) is 0 Å². The fraction of sp³-hybridized carbons (Fsp3) is 0.462. The van der Waals surface area contributed by atoms with E-state index in [4.69, 9.17) is 0 Å². The van der Waals surface area contributed by atoms with Crippen LogP contribution in [0.15, 0.2) is 18.2 Å². The van der Waals surface area contributed by atoms with Gasteiger partial charge in [0.2, 0.25) is 0 Å². The van der Waals surface area contributed by atoms with Crippen LogP contribution in [0.2, 0.25) is 0 Å². The number of benzene rings is 1. The smallest absolute Gasteiger partial charge is 0.137 e. The largest absolute Gasteiger partial charge is 0.299 e. The van der Waals surface area contributed by atoms with Gasteiger partial charge in [0, 0.05) is 12.8 Å². The average molecular weight is 226 g/mol. The van der Waals surface area contributed by atoms with E-state index in [-0.39, 0.29) is 17.8 Å². The first kappa shape index (κ1) is 12.8. The molecule has 0 heterocycles. The number of halogens is 2. The maximum Gasteiger partial charge on any atom is 0.137 e. The molecule has 0 aliphatic carbocycles. The van der Waals surface area contributed by atoms with Crippen LogP contribution in [0, 0.1) is 17.6 Å². The fourth-order valence-electron chi connectivity index (χ4n) is 1.50. The summed E-state index contributed by atoms with van der Waals surface area (Å²) in [6.07, 6.45) is 1.32. The molecule has 0 bridgehead atoms. The highest BCUT2D eigenvalue weighted by Gasteiger charge is 2.11. The number of hydrogen-bond acceptors (Lipinski definition) is 1. The third-order valence-corrected chi connectivity index (χ3v) is 2.67. The van der Waals surface area contributed by atoms with Crippen LogP contribution >= 0.6 is 0 Å². The van der Waals surface area contributed by atoms with Gasteiger partial charge in [0.25, 0.3) is 0 Å². The van der Waals surface area contributed by atoms with E-state index in [1.165, 1.54) is 0 Å². The number of ketones is 1. The molecule has 0 aliphatic rings. The van der Waals surface area contributed by atoms with Gasteiger partial charge in [-0.3, -0.25) is 4.79 Å². The van der Waals surface area contributed by atoms with Crippen molar-refractivity contribution in [3.05, 3.63) is 35.4 Å². The molecule has 88 valence electrons. The van der Waals surface area contributed by atoms with Crippen molar-refractivity contribution in [1.29, 1.82) is 0 Å². The van der Waals surface area contributed by atoms with Crippen LogP contribution in [-0.4, -0.2) is 5.78 Å². The fourth-order valence-corrected chi connectivity index (χ4v) is 1.50. The van der Waals surface area contributed by atoms with E-state index in [2.05, 4.69) is 0 Å². The molecular weight excluding hydrogens is 210 g/mol. The van der Waals surface area contributed by atoms with E-state index < -0.39 is 11.6 Å². The van der Waals surface area contributed by atoms with Crippen molar-refractivity contribution >= 4 is 5.78 Å². The van der Waals surface area contributed by atoms with E-state index in [0.717, 1.165) is 24.6 Å². The lowest BCUT2D eigenvalue weighted by Crippen LogP contribution is -2.09. The van der Waals surface area contributed by atoms with Crippen LogP contribution < -0.4 is 0 Å². The van der Waals surface area contributed by atoms with Gasteiger partial charge in [0.15, 0.2) is 0 Å². The maximum atomic E-state index is 13.2. The molecule has 0 aromatic heterocycles. The Morgan fingerprint density at radius 2 is 2.06 bits per heavy atom. The standard InChI is InChI=1S/C13H16F2O/c1-3-9(2)6-12(16)8-10-7-11(14)4-5-13(10)15/h4-5,7,9H,3,6,8H2,1-2H3. The second-order valence-corrected chi connectivity index (χ2v) is 4.17. The summed E-state index contributed by atoms with van der Waals surface area (Å²) < 4.78 is 26.1. The highest BCUT2D eigenvalue weighted by molar-refractivity contribution is 5.81. The summed E-state index contributed by atoms with van der Waals surface area (Å²) in [6.45, 7) is 3.97. The van der Waals surface area contributed by atoms with Crippen molar-refractivity contribution < 1.29 is 13.6 Å². The Morgan fingerprint density at radius 3 is 2.69 bits per heavy atom. The van der Waals surface area contributed by atoms with Crippen LogP contribution in [-0.2, 0) is 11.2 Å². The summed E-state index contributed by atoms with van der Waals surface area (Å²) >= 11 is 0. The molecule has 1 unspecified atom stereocenters. The first-order chi connectivity index (χ1) is 7.52. The molecule has 0 saturated carbocycles. The average Bonchev–Trinajstić information content (AvgIpc) is 2.23. The van der Waals surface area contributed by atoms with E-state index in [9.17, 15) is 13.6 Å². The Bertz CT molecular complexity index is 374. The van der Waals surface area contributed by atoms with Crippen molar-refractivity contribution in [3.8, 4) is 0 Å². The van der Waals surface area contributed by atoms with Gasteiger partial charge in [0.05, 0.1) is 0 Å². The molecule has 1 aromatic rings. The number of carbonyl (C=O) groups excluding carboxylic acids is 1. The third-order valence-electron chi connectivity index (χ3n) is 2.67. The van der Waals surface area contributed by atoms with Gasteiger partial charge in [-0.25, -0.2) is 8.78 Å². The Kier molecular flexibility index (Phi) is 4.59. The quantitative estimate of drug-likeness (QED) is 0.750. The van der Waals surface area contributed by atoms with Crippen molar-refractivity contribution in [2.24, 2.45) is 5.92 Å². The highest BCUT2D eigenvalue weighted by atomic mass is 19.1. The summed E-state index contributed by atoms with van der Waals surface area (Å²) in [6, 6.07) is 3.20. The number of hydrogen-bond donors (Lipinski definition) is 0. The van der Waals surface area contributed by atoms with E-state index >= 15 is 0 Å². The Morgan fingerprint density at radius 1 is 1.38 bits per heavy atom. The van der Waals surface area contributed by atoms with Gasteiger partial charge in [-0.15, -0.1) is 0 Å². The molecule has 0 aliphatic heterocycles. The molecule has 1 nitrogen and oxygen atoms in total. The second kappa shape index (κ2) is 5.73. The Balaban J connectivity index is 2.65. The van der Waals surface area contributed by atoms with Crippen molar-refractivity contribution in [1.82, 2.24) is 0 Å². The monoisotopic (exact) mass is 226 g/mol. The number of Topliss-reactive ketones (excluding diaryl/α,β-unsaturated/α-hetero) is 1. The van der Waals surface area contributed by atoms with Crippen LogP contribution in [0.25, 0.3) is 0 Å². The molecule has 0 N–H and O–H groups in total. The summed E-state index contributed by atoms with van der Waals surface area (Å²) in [7, 11) is 0. The van der Waals surface area contributed by atoms with Crippen molar-refractivity contribution in [2.45, 2.75) is 33.1 Å². The lowest BCUT2D eigenvalue weighted by molar-refractivity contribution is -0.119. The molecule has 1 rings (SSSR count). The summed E-state index contributed by atoms with van der Waals surface area (Å²) in [5.74, 6) is -0.769. The van der Waals surface area contributed by atoms with Crippen molar-refractivity contribution in [2.75, 3.05) is 0 Å². The van der Waals surface area contributed by atoms with Crippen LogP contribution in [0.3, 0.4) is 0 Å². The van der Waals surface area contributed by atoms with E-state index in [0.29, 0.717) is 12.3 Å². The molecular formula is C13H16F2O. The molecule has 1 aromatic carbocycles. The minimum absolute atomic E-state index is 0.0199. The third kappa shape index (κ3) is 3.72. The van der Waals surface area contributed by atoms with Crippen LogP contribution in [0.4, 0.5) is 8.78 Å². The predicted molar refractivity (Wildman–Crippen MR) is 59.1 cm³/mol. The molecule has 16 heavy (non-hydrogen) atoms. The number of rotatable bonds is 5. The highest BCUT2D eigenvalue weighted by Crippen LogP contribution is 2.14. The zero-order chi connectivity index (χ0) is 12.1. The second-order valence-electron chi connectivity index (χ2n) is 4.17. The van der Waals surface area contributed by atoms with Gasteiger partial charge < -0.3 is 0 Å². The minimum atomic E-state index is -0.515. The topological polar surface area (TPSA) is 17.1 Å². The molecule has 0 fully saturated rings. The Labute approximate surface area is 94.5 Å². The first-order valence-corrected chi connectivity index (χ1v) is 5.48. The van der Waals surface area contributed by atoms with Gasteiger partial charge >= 0.3 is 0 Å². The van der Waals surface area contributed by atoms with Gasteiger partial charge in [-0.2, -0.15) is 0 Å². The summed E-state index contributed by atoms with van der Waals surface area (Å²) in [4.78, 5) is 11.6. The molecule has 1 atom stereocenters. The minimum Gasteiger partial charge on any atom is -0.299 e. The lowest BCUT2D eigenvalue weighted by atomic mass is 9.98. The maximum absolute atomic E-state index is 13.2. The van der Waals surface area contributed by atoms with E-state index in [1.807, 2.05) is 13.8 Å². The normalized spacial score (nSPS) is 12.5. The number of carbonyl (C=O) groups is 1. The van der Waals surface area contributed by atoms with Gasteiger partial charge in [-0.1, -0.05) is 20.3 Å². The molecule has 0 radical (unpaired) electrons. The zero-order valence-electron chi connectivity index (χ0n) is 9.59. The SMILES string of the molecule is CCC(C)CC(=O)Cc1cc(F)ccc1F. The summed E-state index contributed by atoms with van der Waals surface area (Å²) in [5, 5.41) is 0. The zero-order valence-corrected chi connectivity index (χ0v) is 9.59. The van der Waals surface area contributed by atoms with Gasteiger partial charge in [-0.05, 0) is 29.7 Å². The summed E-state index contributed by atoms with van der Waals surface area (Å²) in [5.41, 5.74) is 0.147. The molecule has 0 amide bonds.